The Morgan fingerprint density at radius 1 is 1.24 bits per heavy atom. The topological polar surface area (TPSA) is 80.7 Å². The molecule has 0 spiro atoms. The van der Waals surface area contributed by atoms with E-state index in [4.69, 9.17) is 14.3 Å². The number of carbonyl (C=O) groups excluding carboxylic acids is 3. The average molecular weight is 410 g/mol. The molecule has 0 aromatic rings. The zero-order chi connectivity index (χ0) is 27.3. The maximum Gasteiger partial charge on any atom is 0.305 e. The van der Waals surface area contributed by atoms with E-state index in [1.165, 1.54) is 6.92 Å². The summed E-state index contributed by atoms with van der Waals surface area (Å²) in [6.07, 6.45) is -3.82. The standard InChI is InChI=1S/C24H34O5/c1-4-21(27)29-14-20(26)24(28)12-9-19-17-6-5-15-13-16(25)7-10-22(15,2)18(17)8-11-23(19,24)3/h13,17-19,28H,4-12,14H2,1-3H3/t17?,18?,19?,22-,23-,24-/m0/s1/i5D2,7D2,13D,14D2. The fraction of sp³-hybridized carbons (Fsp3) is 0.792. The van der Waals surface area contributed by atoms with Gasteiger partial charge in [0.25, 0.3) is 0 Å². The molecule has 0 bridgehead atoms. The minimum absolute atomic E-state index is 0.0382. The van der Waals surface area contributed by atoms with Crippen LogP contribution < -0.4 is 0 Å². The summed E-state index contributed by atoms with van der Waals surface area (Å²) in [5, 5.41) is 11.7. The summed E-state index contributed by atoms with van der Waals surface area (Å²) in [4.78, 5) is 37.6. The van der Waals surface area contributed by atoms with Gasteiger partial charge >= 0.3 is 5.97 Å². The molecule has 0 radical (unpaired) electrons. The second-order valence-corrected chi connectivity index (χ2v) is 9.47. The smallest absolute Gasteiger partial charge is 0.305 e. The molecule has 3 unspecified atom stereocenters. The van der Waals surface area contributed by atoms with E-state index < -0.39 is 59.3 Å². The van der Waals surface area contributed by atoms with E-state index in [-0.39, 0.29) is 55.4 Å². The fourth-order valence-electron chi connectivity index (χ4n) is 6.45. The third-order valence-electron chi connectivity index (χ3n) is 8.27. The number of hydrogen-bond donors (Lipinski definition) is 1. The van der Waals surface area contributed by atoms with Crippen molar-refractivity contribution in [1.29, 1.82) is 0 Å². The molecule has 0 aromatic heterocycles. The zero-order valence-corrected chi connectivity index (χ0v) is 17.3. The van der Waals surface area contributed by atoms with Gasteiger partial charge in [-0.3, -0.25) is 14.4 Å². The lowest BCUT2D eigenvalue weighted by Gasteiger charge is -2.58. The van der Waals surface area contributed by atoms with Crippen LogP contribution in [0.4, 0.5) is 0 Å². The highest BCUT2D eigenvalue weighted by Crippen LogP contribution is 2.67. The van der Waals surface area contributed by atoms with E-state index in [0.29, 0.717) is 12.8 Å². The van der Waals surface area contributed by atoms with E-state index in [1.807, 2.05) is 0 Å². The molecule has 1 N–H and O–H groups in total. The van der Waals surface area contributed by atoms with Crippen LogP contribution in [0.3, 0.4) is 0 Å². The summed E-state index contributed by atoms with van der Waals surface area (Å²) >= 11 is 0. The Kier molecular flexibility index (Phi) is 3.33. The largest absolute Gasteiger partial charge is 0.458 e. The van der Waals surface area contributed by atoms with Crippen LogP contribution in [0, 0.1) is 28.6 Å². The third-order valence-corrected chi connectivity index (χ3v) is 8.27. The molecule has 160 valence electrons. The maximum absolute atomic E-state index is 13.3. The minimum Gasteiger partial charge on any atom is -0.458 e. The Balaban J connectivity index is 1.74. The predicted octanol–water partition coefficient (Wildman–Crippen LogP) is 3.77. The molecule has 5 heteroatoms. The minimum atomic E-state index is -3.01. The van der Waals surface area contributed by atoms with E-state index >= 15 is 0 Å². The van der Waals surface area contributed by atoms with Crippen molar-refractivity contribution < 1.29 is 33.8 Å². The molecule has 0 heterocycles. The first kappa shape index (κ1) is 13.7. The average Bonchev–Trinajstić information content (AvgIpc) is 3.02. The fourth-order valence-corrected chi connectivity index (χ4v) is 6.45. The van der Waals surface area contributed by atoms with E-state index in [0.717, 1.165) is 0 Å². The quantitative estimate of drug-likeness (QED) is 0.715. The van der Waals surface area contributed by atoms with Crippen LogP contribution in [-0.2, 0) is 19.1 Å². The molecule has 29 heavy (non-hydrogen) atoms. The first-order valence-corrected chi connectivity index (χ1v) is 10.5. The Morgan fingerprint density at radius 2 is 1.97 bits per heavy atom. The number of fused-ring (bicyclic) bond motifs is 5. The van der Waals surface area contributed by atoms with Crippen LogP contribution in [0.5, 0.6) is 0 Å². The number of allylic oxidation sites excluding steroid dienone is 1. The van der Waals surface area contributed by atoms with Crippen LogP contribution in [0.25, 0.3) is 0 Å². The predicted molar refractivity (Wildman–Crippen MR) is 108 cm³/mol. The lowest BCUT2D eigenvalue weighted by Crippen LogP contribution is -2.58. The first-order chi connectivity index (χ1) is 16.3. The molecular weight excluding hydrogens is 368 g/mol. The summed E-state index contributed by atoms with van der Waals surface area (Å²) < 4.78 is 63.4. The van der Waals surface area contributed by atoms with Crippen molar-refractivity contribution in [1.82, 2.24) is 0 Å². The second kappa shape index (κ2) is 7.04. The number of hydrogen-bond acceptors (Lipinski definition) is 5. The van der Waals surface area contributed by atoms with Crippen LogP contribution in [-0.4, -0.2) is 34.8 Å². The number of rotatable bonds is 4. The van der Waals surface area contributed by atoms with E-state index in [2.05, 4.69) is 0 Å². The second-order valence-electron chi connectivity index (χ2n) is 9.47. The van der Waals surface area contributed by atoms with Crippen molar-refractivity contribution >= 4 is 17.5 Å². The van der Waals surface area contributed by atoms with Gasteiger partial charge in [-0.15, -0.1) is 0 Å². The number of esters is 1. The van der Waals surface area contributed by atoms with Crippen molar-refractivity contribution in [2.45, 2.75) is 84.1 Å². The van der Waals surface area contributed by atoms with Crippen molar-refractivity contribution in [3.05, 3.63) is 11.6 Å². The molecule has 4 rings (SSSR count). The van der Waals surface area contributed by atoms with Crippen molar-refractivity contribution in [2.24, 2.45) is 28.6 Å². The van der Waals surface area contributed by atoms with Crippen LogP contribution in [0.2, 0.25) is 0 Å². The van der Waals surface area contributed by atoms with Gasteiger partial charge in [0.15, 0.2) is 12.3 Å². The van der Waals surface area contributed by atoms with Gasteiger partial charge in [0.05, 0.1) is 4.11 Å². The normalized spacial score (nSPS) is 51.5. The molecular formula is C24H34O5. The summed E-state index contributed by atoms with van der Waals surface area (Å²) in [7, 11) is 0. The zero-order valence-electron chi connectivity index (χ0n) is 24.3. The van der Waals surface area contributed by atoms with E-state index in [9.17, 15) is 19.5 Å². The summed E-state index contributed by atoms with van der Waals surface area (Å²) in [5.74, 6) is -4.14. The number of aliphatic hydroxyl groups is 1. The Bertz CT molecular complexity index is 1060. The van der Waals surface area contributed by atoms with Crippen LogP contribution in [0.1, 0.15) is 88.1 Å². The Hall–Kier alpha value is -1.49. The Morgan fingerprint density at radius 3 is 2.69 bits per heavy atom. The number of ether oxygens (including phenoxy) is 1. The molecule has 0 aromatic carbocycles. The van der Waals surface area contributed by atoms with Gasteiger partial charge in [0, 0.05) is 23.7 Å². The van der Waals surface area contributed by atoms with Crippen LogP contribution in [0.15, 0.2) is 11.6 Å². The molecule has 5 nitrogen and oxygen atoms in total. The molecule has 3 fully saturated rings. The van der Waals surface area contributed by atoms with E-state index in [1.54, 1.807) is 13.8 Å². The van der Waals surface area contributed by atoms with Gasteiger partial charge in [0.1, 0.15) is 5.60 Å². The van der Waals surface area contributed by atoms with Gasteiger partial charge in [-0.2, -0.15) is 0 Å². The lowest BCUT2D eigenvalue weighted by atomic mass is 9.46. The highest BCUT2D eigenvalue weighted by atomic mass is 16.5. The van der Waals surface area contributed by atoms with Gasteiger partial charge in [-0.1, -0.05) is 26.3 Å². The molecule has 0 aliphatic heterocycles. The molecule has 6 atom stereocenters. The summed E-state index contributed by atoms with van der Waals surface area (Å²) in [6.45, 7) is 1.89. The molecule has 4 aliphatic carbocycles. The number of ketones is 2. The van der Waals surface area contributed by atoms with Crippen LogP contribution >= 0.6 is 0 Å². The number of carbonyl (C=O) groups is 3. The van der Waals surface area contributed by atoms with Gasteiger partial charge in [0.2, 0.25) is 5.78 Å². The number of Topliss-reactive ketones (excluding diaryl/α,β-unsaturated/α-hetero) is 1. The highest BCUT2D eigenvalue weighted by Gasteiger charge is 2.66. The molecule has 3 saturated carbocycles. The maximum atomic E-state index is 13.3. The summed E-state index contributed by atoms with van der Waals surface area (Å²) in [5.41, 5.74) is -4.27. The van der Waals surface area contributed by atoms with Gasteiger partial charge in [-0.25, -0.2) is 0 Å². The summed E-state index contributed by atoms with van der Waals surface area (Å²) in [6, 6.07) is -0.588. The van der Waals surface area contributed by atoms with Gasteiger partial charge < -0.3 is 9.84 Å². The monoisotopic (exact) mass is 409 g/mol. The van der Waals surface area contributed by atoms with Crippen molar-refractivity contribution in [3.8, 4) is 0 Å². The van der Waals surface area contributed by atoms with Gasteiger partial charge in [-0.05, 0) is 74.1 Å². The SMILES string of the molecule is [2H]C1=C2C([2H])([2H])CC3C(CC[C@@]4(C)C3CC[C@]4(O)C(=O)C([2H])([2H])OC(=O)CC)[C@@]2(C)CC([2H])([2H])C1=O. The molecule has 0 saturated heterocycles. The molecule has 0 amide bonds. The van der Waals surface area contributed by atoms with Crippen molar-refractivity contribution in [3.63, 3.8) is 0 Å². The van der Waals surface area contributed by atoms with Crippen molar-refractivity contribution in [2.75, 3.05) is 6.56 Å². The third kappa shape index (κ3) is 2.95. The highest BCUT2D eigenvalue weighted by molar-refractivity contribution is 5.92. The lowest BCUT2D eigenvalue weighted by molar-refractivity contribution is -0.169. The first-order valence-electron chi connectivity index (χ1n) is 14.0. The molecule has 4 aliphatic rings. The Labute approximate surface area is 183 Å².